The normalized spacial score (nSPS) is 13.8. The third kappa shape index (κ3) is 4.96. The number of halogens is 1. The van der Waals surface area contributed by atoms with Gasteiger partial charge in [0.05, 0.1) is 0 Å². The quantitative estimate of drug-likeness (QED) is 0.590. The minimum atomic E-state index is 0.0108. The van der Waals surface area contributed by atoms with Gasteiger partial charge >= 0.3 is 0 Å². The highest BCUT2D eigenvalue weighted by Gasteiger charge is 2.29. The van der Waals surface area contributed by atoms with Gasteiger partial charge in [-0.15, -0.1) is 0 Å². The number of carbonyl (C=O) groups excluding carboxylic acids is 2. The summed E-state index contributed by atoms with van der Waals surface area (Å²) in [4.78, 5) is 23.4. The summed E-state index contributed by atoms with van der Waals surface area (Å²) < 4.78 is 0. The summed E-state index contributed by atoms with van der Waals surface area (Å²) in [5, 5.41) is 6.65. The van der Waals surface area contributed by atoms with Crippen molar-refractivity contribution in [2.45, 2.75) is 32.1 Å². The second-order valence-electron chi connectivity index (χ2n) is 5.04. The molecule has 0 heterocycles. The Labute approximate surface area is 127 Å². The van der Waals surface area contributed by atoms with Crippen LogP contribution >= 0.6 is 15.9 Å². The standard InChI is InChI=1S/C15H19BrN2O2/c16-9-2-1-6-14(19)17-12-4-3-5-13(10-12)18-15(20)11-7-8-11/h3-5,10-11H,1-2,6-9H2,(H,17,19)(H,18,20). The van der Waals surface area contributed by atoms with Crippen LogP contribution in [0.2, 0.25) is 0 Å². The highest BCUT2D eigenvalue weighted by molar-refractivity contribution is 9.09. The molecule has 1 fully saturated rings. The first-order valence-corrected chi connectivity index (χ1v) is 8.08. The maximum Gasteiger partial charge on any atom is 0.227 e. The van der Waals surface area contributed by atoms with Crippen LogP contribution in [0.15, 0.2) is 24.3 Å². The van der Waals surface area contributed by atoms with Crippen LogP contribution in [-0.2, 0) is 9.59 Å². The van der Waals surface area contributed by atoms with Crippen LogP contribution in [0.5, 0.6) is 0 Å². The predicted octanol–water partition coefficient (Wildman–Crippen LogP) is 3.54. The van der Waals surface area contributed by atoms with Gasteiger partial charge in [0.1, 0.15) is 0 Å². The van der Waals surface area contributed by atoms with Crippen LogP contribution in [-0.4, -0.2) is 17.1 Å². The number of nitrogens with one attached hydrogen (secondary N) is 2. The molecule has 1 aromatic rings. The summed E-state index contributed by atoms with van der Waals surface area (Å²) in [5.74, 6) is 0.264. The molecule has 0 bridgehead atoms. The Hall–Kier alpha value is -1.36. The molecule has 0 atom stereocenters. The third-order valence-electron chi connectivity index (χ3n) is 3.15. The van der Waals surface area contributed by atoms with Crippen molar-refractivity contribution in [1.82, 2.24) is 0 Å². The van der Waals surface area contributed by atoms with Crippen molar-refractivity contribution in [2.24, 2.45) is 5.92 Å². The minimum Gasteiger partial charge on any atom is -0.326 e. The van der Waals surface area contributed by atoms with E-state index in [1.807, 2.05) is 18.2 Å². The van der Waals surface area contributed by atoms with Gasteiger partial charge in [-0.2, -0.15) is 0 Å². The monoisotopic (exact) mass is 338 g/mol. The van der Waals surface area contributed by atoms with E-state index in [1.54, 1.807) is 6.07 Å². The van der Waals surface area contributed by atoms with Gasteiger partial charge in [-0.1, -0.05) is 22.0 Å². The van der Waals surface area contributed by atoms with E-state index >= 15 is 0 Å². The van der Waals surface area contributed by atoms with Crippen LogP contribution < -0.4 is 10.6 Å². The van der Waals surface area contributed by atoms with E-state index in [0.717, 1.165) is 42.4 Å². The first kappa shape index (κ1) is 15.0. The summed E-state index contributed by atoms with van der Waals surface area (Å²) in [5.41, 5.74) is 1.46. The zero-order valence-corrected chi connectivity index (χ0v) is 12.9. The molecule has 0 aliphatic heterocycles. The Morgan fingerprint density at radius 3 is 2.50 bits per heavy atom. The van der Waals surface area contributed by atoms with Crippen LogP contribution in [0.4, 0.5) is 11.4 Å². The largest absolute Gasteiger partial charge is 0.326 e. The number of rotatable bonds is 7. The Morgan fingerprint density at radius 2 is 1.85 bits per heavy atom. The molecular formula is C15H19BrN2O2. The van der Waals surface area contributed by atoms with Crippen molar-refractivity contribution in [1.29, 1.82) is 0 Å². The lowest BCUT2D eigenvalue weighted by atomic mass is 10.2. The van der Waals surface area contributed by atoms with Crippen LogP contribution in [0.25, 0.3) is 0 Å². The topological polar surface area (TPSA) is 58.2 Å². The zero-order valence-electron chi connectivity index (χ0n) is 11.3. The number of benzene rings is 1. The van der Waals surface area contributed by atoms with Gasteiger partial charge in [0.25, 0.3) is 0 Å². The zero-order chi connectivity index (χ0) is 14.4. The summed E-state index contributed by atoms with van der Waals surface area (Å²) >= 11 is 3.34. The van der Waals surface area contributed by atoms with E-state index in [9.17, 15) is 9.59 Å². The molecule has 20 heavy (non-hydrogen) atoms. The fourth-order valence-electron chi connectivity index (χ4n) is 1.87. The van der Waals surface area contributed by atoms with E-state index in [4.69, 9.17) is 0 Å². The molecule has 1 saturated carbocycles. The predicted molar refractivity (Wildman–Crippen MR) is 84.1 cm³/mol. The average molecular weight is 339 g/mol. The molecule has 0 spiro atoms. The Kier molecular flexibility index (Phi) is 5.59. The molecule has 2 rings (SSSR count). The van der Waals surface area contributed by atoms with Gasteiger partial charge in [-0.25, -0.2) is 0 Å². The fraction of sp³-hybridized carbons (Fsp3) is 0.467. The maximum atomic E-state index is 11.7. The molecular weight excluding hydrogens is 320 g/mol. The number of amides is 2. The molecule has 2 N–H and O–H groups in total. The molecule has 108 valence electrons. The Morgan fingerprint density at radius 1 is 1.15 bits per heavy atom. The summed E-state index contributed by atoms with van der Waals surface area (Å²) in [7, 11) is 0. The third-order valence-corrected chi connectivity index (χ3v) is 3.71. The summed E-state index contributed by atoms with van der Waals surface area (Å²) in [6.45, 7) is 0. The van der Waals surface area contributed by atoms with Crippen molar-refractivity contribution in [3.63, 3.8) is 0 Å². The van der Waals surface area contributed by atoms with Crippen molar-refractivity contribution >= 4 is 39.1 Å². The molecule has 1 aliphatic carbocycles. The van der Waals surface area contributed by atoms with Crippen molar-refractivity contribution in [3.05, 3.63) is 24.3 Å². The molecule has 5 heteroatoms. The number of anilines is 2. The fourth-order valence-corrected chi connectivity index (χ4v) is 2.26. The lowest BCUT2D eigenvalue weighted by Crippen LogP contribution is -2.14. The molecule has 0 saturated heterocycles. The smallest absolute Gasteiger partial charge is 0.227 e. The first-order chi connectivity index (χ1) is 9.69. The van der Waals surface area contributed by atoms with Gasteiger partial charge in [-0.05, 0) is 43.9 Å². The van der Waals surface area contributed by atoms with Crippen molar-refractivity contribution < 1.29 is 9.59 Å². The number of alkyl halides is 1. The molecule has 1 aliphatic rings. The lowest BCUT2D eigenvalue weighted by Gasteiger charge is -2.08. The first-order valence-electron chi connectivity index (χ1n) is 6.96. The number of hydrogen-bond acceptors (Lipinski definition) is 2. The number of carbonyl (C=O) groups is 2. The van der Waals surface area contributed by atoms with Crippen molar-refractivity contribution in [3.8, 4) is 0 Å². The molecule has 4 nitrogen and oxygen atoms in total. The van der Waals surface area contributed by atoms with E-state index in [2.05, 4.69) is 26.6 Å². The second-order valence-corrected chi connectivity index (χ2v) is 5.83. The van der Waals surface area contributed by atoms with Gasteiger partial charge in [0.2, 0.25) is 11.8 Å². The molecule has 2 amide bonds. The van der Waals surface area contributed by atoms with Gasteiger partial charge in [0, 0.05) is 29.0 Å². The SMILES string of the molecule is O=C(CCCCBr)Nc1cccc(NC(=O)C2CC2)c1. The van der Waals surface area contributed by atoms with Crippen LogP contribution in [0.1, 0.15) is 32.1 Å². The second kappa shape index (κ2) is 7.43. The van der Waals surface area contributed by atoms with E-state index in [0.29, 0.717) is 6.42 Å². The van der Waals surface area contributed by atoms with Crippen LogP contribution in [0, 0.1) is 5.92 Å². The average Bonchev–Trinajstić information content (AvgIpc) is 3.23. The van der Waals surface area contributed by atoms with E-state index in [-0.39, 0.29) is 17.7 Å². The minimum absolute atomic E-state index is 0.0108. The summed E-state index contributed by atoms with van der Waals surface area (Å²) in [6.07, 6.45) is 4.34. The Balaban J connectivity index is 1.85. The Bertz CT molecular complexity index is 487. The maximum absolute atomic E-state index is 11.7. The van der Waals surface area contributed by atoms with Gasteiger partial charge in [0.15, 0.2) is 0 Å². The molecule has 0 radical (unpaired) electrons. The molecule has 1 aromatic carbocycles. The number of unbranched alkanes of at least 4 members (excludes halogenated alkanes) is 1. The number of hydrogen-bond donors (Lipinski definition) is 2. The van der Waals surface area contributed by atoms with E-state index in [1.165, 1.54) is 0 Å². The van der Waals surface area contributed by atoms with Crippen molar-refractivity contribution in [2.75, 3.05) is 16.0 Å². The van der Waals surface area contributed by atoms with Gasteiger partial charge in [-0.3, -0.25) is 9.59 Å². The molecule has 0 aromatic heterocycles. The summed E-state index contributed by atoms with van der Waals surface area (Å²) in [6, 6.07) is 7.29. The van der Waals surface area contributed by atoms with E-state index < -0.39 is 0 Å². The highest BCUT2D eigenvalue weighted by atomic mass is 79.9. The highest BCUT2D eigenvalue weighted by Crippen LogP contribution is 2.30. The van der Waals surface area contributed by atoms with Crippen LogP contribution in [0.3, 0.4) is 0 Å². The van der Waals surface area contributed by atoms with Gasteiger partial charge < -0.3 is 10.6 Å². The lowest BCUT2D eigenvalue weighted by molar-refractivity contribution is -0.117. The molecule has 0 unspecified atom stereocenters.